The lowest BCUT2D eigenvalue weighted by atomic mass is 10.3. The zero-order valence-corrected chi connectivity index (χ0v) is 12.1. The van der Waals surface area contributed by atoms with E-state index < -0.39 is 0 Å². The molecule has 0 aliphatic carbocycles. The van der Waals surface area contributed by atoms with Crippen molar-refractivity contribution in [3.05, 3.63) is 47.6 Å². The highest BCUT2D eigenvalue weighted by Gasteiger charge is 2.18. The molecule has 9 heteroatoms. The molecule has 0 amide bonds. The van der Waals surface area contributed by atoms with Gasteiger partial charge in [0, 0.05) is 24.9 Å². The summed E-state index contributed by atoms with van der Waals surface area (Å²) < 4.78 is 6.61. The van der Waals surface area contributed by atoms with Crippen LogP contribution in [0.15, 0.2) is 42.7 Å². The second-order valence-electron chi connectivity index (χ2n) is 4.66. The Kier molecular flexibility index (Phi) is 4.02. The van der Waals surface area contributed by atoms with Crippen LogP contribution in [0.1, 0.15) is 0 Å². The number of fused-ring (bicyclic) bond motifs is 1. The van der Waals surface area contributed by atoms with Crippen molar-refractivity contribution >= 4 is 22.7 Å². The first-order chi connectivity index (χ1) is 11.2. The van der Waals surface area contributed by atoms with E-state index >= 15 is 0 Å². The average molecular weight is 315 g/mol. The van der Waals surface area contributed by atoms with E-state index in [0.717, 1.165) is 4.73 Å². The van der Waals surface area contributed by atoms with Crippen LogP contribution in [-0.2, 0) is 0 Å². The molecule has 0 radical (unpaired) electrons. The maximum absolute atomic E-state index is 12.0. The molecule has 1 aromatic carbocycles. The summed E-state index contributed by atoms with van der Waals surface area (Å²) in [6.07, 6.45) is 3.16. The molecule has 0 aliphatic rings. The fourth-order valence-corrected chi connectivity index (χ4v) is 2.04. The summed E-state index contributed by atoms with van der Waals surface area (Å²) in [7, 11) is 0. The van der Waals surface area contributed by atoms with Gasteiger partial charge in [-0.15, -0.1) is 4.73 Å². The Morgan fingerprint density at radius 3 is 3.00 bits per heavy atom. The summed E-state index contributed by atoms with van der Waals surface area (Å²) in [5, 5.41) is 16.9. The number of nitrogens with one attached hydrogen (secondary N) is 1. The van der Waals surface area contributed by atoms with Crippen molar-refractivity contribution in [3.8, 4) is 5.75 Å². The summed E-state index contributed by atoms with van der Waals surface area (Å²) >= 11 is 0. The third-order valence-electron chi connectivity index (χ3n) is 3.07. The minimum atomic E-state index is -0.0449. The largest absolute Gasteiger partial charge is 0.492 e. The van der Waals surface area contributed by atoms with Crippen LogP contribution in [0.5, 0.6) is 5.75 Å². The van der Waals surface area contributed by atoms with Crippen molar-refractivity contribution in [2.75, 3.05) is 18.5 Å². The van der Waals surface area contributed by atoms with Crippen LogP contribution in [0.4, 0.5) is 11.6 Å². The number of hydrogen-bond donors (Lipinski definition) is 3. The van der Waals surface area contributed by atoms with E-state index in [0.29, 0.717) is 29.1 Å². The van der Waals surface area contributed by atoms with Crippen LogP contribution >= 0.6 is 0 Å². The van der Waals surface area contributed by atoms with E-state index in [4.69, 9.17) is 10.5 Å². The lowest BCUT2D eigenvalue weighted by molar-refractivity contribution is -0.535. The summed E-state index contributed by atoms with van der Waals surface area (Å²) in [4.78, 5) is 16.0. The monoisotopic (exact) mass is 315 g/mol. The van der Waals surface area contributed by atoms with E-state index in [2.05, 4.69) is 15.4 Å². The fraction of sp³-hybridized carbons (Fsp3) is 0.143. The number of hydrogen-bond acceptors (Lipinski definition) is 7. The van der Waals surface area contributed by atoms with Gasteiger partial charge in [0.25, 0.3) is 0 Å². The van der Waals surface area contributed by atoms with Crippen LogP contribution in [-0.4, -0.2) is 33.2 Å². The van der Waals surface area contributed by atoms with E-state index in [1.807, 2.05) is 0 Å². The molecule has 3 aromatic rings. The third-order valence-corrected chi connectivity index (χ3v) is 3.07. The number of pyridine rings is 1. The predicted molar refractivity (Wildman–Crippen MR) is 82.4 cm³/mol. The first-order valence-electron chi connectivity index (χ1n) is 6.88. The normalized spacial score (nSPS) is 10.7. The molecule has 0 fully saturated rings. The predicted octanol–water partition coefficient (Wildman–Crippen LogP) is 0.664. The van der Waals surface area contributed by atoms with Gasteiger partial charge in [-0.25, -0.2) is 0 Å². The fourth-order valence-electron chi connectivity index (χ4n) is 2.04. The zero-order valence-electron chi connectivity index (χ0n) is 12.1. The van der Waals surface area contributed by atoms with Gasteiger partial charge in [0.1, 0.15) is 12.4 Å². The average Bonchev–Trinajstić information content (AvgIpc) is 2.58. The lowest BCUT2D eigenvalue weighted by Gasteiger charge is -2.08. The standard InChI is InChI=1S/C14H15N6O3/c15-5-7-23-11-3-4-12-13(8-11)19(21)14(18-20(12)22)17-10-2-1-6-16-9-10/h1-4,6,8-9,21H,5,7,15H2,(H,17,18,22)/q+1. The number of nitrogens with two attached hydrogens (primary N) is 1. The van der Waals surface area contributed by atoms with E-state index in [1.54, 1.807) is 30.6 Å². The second kappa shape index (κ2) is 6.28. The van der Waals surface area contributed by atoms with Gasteiger partial charge in [0.05, 0.1) is 21.9 Å². The molecule has 4 N–H and O–H groups in total. The Morgan fingerprint density at radius 1 is 1.39 bits per heavy atom. The van der Waals surface area contributed by atoms with Crippen LogP contribution in [0.2, 0.25) is 0 Å². The Hall–Kier alpha value is -3.20. The number of anilines is 2. The van der Waals surface area contributed by atoms with Crippen LogP contribution in [0.3, 0.4) is 0 Å². The highest BCUT2D eigenvalue weighted by Crippen LogP contribution is 2.20. The molecule has 118 valence electrons. The lowest BCUT2D eigenvalue weighted by Crippen LogP contribution is -2.25. The van der Waals surface area contributed by atoms with Crippen LogP contribution < -0.4 is 20.3 Å². The van der Waals surface area contributed by atoms with Gasteiger partial charge in [0.2, 0.25) is 0 Å². The summed E-state index contributed by atoms with van der Waals surface area (Å²) in [6, 6.07) is 8.11. The first-order valence-corrected chi connectivity index (χ1v) is 6.88. The van der Waals surface area contributed by atoms with Crippen molar-refractivity contribution in [1.29, 1.82) is 0 Å². The van der Waals surface area contributed by atoms with Gasteiger partial charge in [-0.1, -0.05) is 0 Å². The van der Waals surface area contributed by atoms with Crippen molar-refractivity contribution in [2.45, 2.75) is 0 Å². The smallest absolute Gasteiger partial charge is 0.322 e. The molecule has 3 rings (SSSR count). The minimum Gasteiger partial charge on any atom is -0.492 e. The molecule has 2 aromatic heterocycles. The van der Waals surface area contributed by atoms with Gasteiger partial charge in [-0.05, 0) is 18.2 Å². The van der Waals surface area contributed by atoms with Crippen molar-refractivity contribution < 1.29 is 14.5 Å². The quantitative estimate of drug-likeness (QED) is 0.467. The molecule has 0 atom stereocenters. The van der Waals surface area contributed by atoms with Gasteiger partial charge >= 0.3 is 11.5 Å². The summed E-state index contributed by atoms with van der Waals surface area (Å²) in [6.45, 7) is 0.697. The number of ether oxygens (including phenoxy) is 1. The van der Waals surface area contributed by atoms with Crippen LogP contribution in [0.25, 0.3) is 11.0 Å². The molecule has 23 heavy (non-hydrogen) atoms. The molecule has 9 nitrogen and oxygen atoms in total. The van der Waals surface area contributed by atoms with Crippen molar-refractivity contribution in [2.24, 2.45) is 5.73 Å². The highest BCUT2D eigenvalue weighted by atomic mass is 16.5. The van der Waals surface area contributed by atoms with Gasteiger partial charge in [0.15, 0.2) is 10.1 Å². The highest BCUT2D eigenvalue weighted by molar-refractivity contribution is 5.74. The Labute approximate surface area is 130 Å². The molecular formula is C14H15N6O3+. The Balaban J connectivity index is 2.05. The van der Waals surface area contributed by atoms with Crippen LogP contribution in [0, 0.1) is 4.91 Å². The molecule has 0 bridgehead atoms. The first kappa shape index (κ1) is 14.7. The number of benzene rings is 1. The molecule has 0 saturated carbocycles. The minimum absolute atomic E-state index is 0.0449. The van der Waals surface area contributed by atoms with E-state index in [9.17, 15) is 10.1 Å². The van der Waals surface area contributed by atoms with E-state index in [1.165, 1.54) is 12.1 Å². The van der Waals surface area contributed by atoms with Gasteiger partial charge in [-0.2, -0.15) is 0 Å². The second-order valence-corrected chi connectivity index (χ2v) is 4.66. The summed E-state index contributed by atoms with van der Waals surface area (Å²) in [5.74, 6) is 0.445. The molecular weight excluding hydrogens is 300 g/mol. The molecule has 0 aliphatic heterocycles. The topological polar surface area (TPSA) is 121 Å². The van der Waals surface area contributed by atoms with E-state index in [-0.39, 0.29) is 17.0 Å². The van der Waals surface area contributed by atoms with Gasteiger partial charge < -0.3 is 21.0 Å². The van der Waals surface area contributed by atoms with Crippen molar-refractivity contribution in [3.63, 3.8) is 0 Å². The Bertz CT molecular complexity index is 881. The SMILES string of the molecule is NCCOc1ccc2c(c1)n(O)c(Nc1cccnc1)n[n+]2=O. The molecule has 2 heterocycles. The Morgan fingerprint density at radius 2 is 2.26 bits per heavy atom. The van der Waals surface area contributed by atoms with Gasteiger partial charge in [-0.3, -0.25) is 4.98 Å². The third kappa shape index (κ3) is 3.04. The maximum Gasteiger partial charge on any atom is 0.322 e. The molecule has 0 saturated heterocycles. The maximum atomic E-state index is 12.0. The zero-order chi connectivity index (χ0) is 16.2. The number of nitrogens with zero attached hydrogens (tertiary/aromatic N) is 4. The van der Waals surface area contributed by atoms with Crippen molar-refractivity contribution in [1.82, 2.24) is 14.8 Å². The number of rotatable bonds is 5. The number of aromatic nitrogens is 4. The molecule has 0 unspecified atom stereocenters. The summed E-state index contributed by atoms with van der Waals surface area (Å²) in [5.41, 5.74) is 6.42. The molecule has 0 spiro atoms.